The van der Waals surface area contributed by atoms with E-state index in [1.54, 1.807) is 0 Å². The number of rotatable bonds is 0. The number of hydrogen-bond donors (Lipinski definition) is 0. The van der Waals surface area contributed by atoms with Crippen molar-refractivity contribution in [3.05, 3.63) is 47.0 Å². The van der Waals surface area contributed by atoms with Gasteiger partial charge >= 0.3 is 0 Å². The van der Waals surface area contributed by atoms with Gasteiger partial charge in [0.25, 0.3) is 0 Å². The van der Waals surface area contributed by atoms with Crippen LogP contribution in [-0.4, -0.2) is 55.4 Å². The van der Waals surface area contributed by atoms with Gasteiger partial charge in [-0.1, -0.05) is 18.7 Å². The molecule has 3 aliphatic rings. The molecule has 1 fully saturated rings. The van der Waals surface area contributed by atoms with Gasteiger partial charge in [-0.2, -0.15) is 0 Å². The average molecular weight is 312 g/mol. The third kappa shape index (κ3) is 2.03. The molecule has 3 heterocycles. The predicted octanol–water partition coefficient (Wildman–Crippen LogP) is 2.44. The van der Waals surface area contributed by atoms with Crippen LogP contribution in [0.25, 0.3) is 6.08 Å². The topological polar surface area (TPSA) is 22.1 Å². The Morgan fingerprint density at radius 2 is 2.09 bits per heavy atom. The van der Waals surface area contributed by atoms with Crippen LogP contribution in [0.1, 0.15) is 16.7 Å². The van der Waals surface area contributed by atoms with E-state index in [1.165, 1.54) is 0 Å². The fourth-order valence-corrected chi connectivity index (χ4v) is 3.65. The summed E-state index contributed by atoms with van der Waals surface area (Å²) in [5.41, 5.74) is 3.18. The van der Waals surface area contributed by atoms with E-state index >= 15 is 0 Å². The number of aryl methyl sites for hydroxylation is 1. The van der Waals surface area contributed by atoms with E-state index in [1.807, 2.05) is 31.0 Å². The maximum atomic E-state index is 14.8. The quantitative estimate of drug-likeness (QED) is 0.735. The Balaban J connectivity index is 1.98. The number of aliphatic imine (C=N–C) groups is 1. The molecular weight excluding hydrogens is 291 g/mol. The maximum absolute atomic E-state index is 14.8. The van der Waals surface area contributed by atoms with Crippen molar-refractivity contribution in [2.75, 3.05) is 38.6 Å². The van der Waals surface area contributed by atoms with Gasteiger partial charge in [0.05, 0.1) is 17.3 Å². The summed E-state index contributed by atoms with van der Waals surface area (Å²) in [5.74, 6) is 1.41. The summed E-state index contributed by atoms with van der Waals surface area (Å²) in [6, 6.07) is 2.11. The second-order valence-electron chi connectivity index (χ2n) is 6.61. The van der Waals surface area contributed by atoms with E-state index in [2.05, 4.69) is 29.5 Å². The van der Waals surface area contributed by atoms with Crippen molar-refractivity contribution in [2.45, 2.75) is 13.0 Å². The van der Waals surface area contributed by atoms with E-state index in [0.717, 1.165) is 36.7 Å². The monoisotopic (exact) mass is 312 g/mol. The summed E-state index contributed by atoms with van der Waals surface area (Å²) in [7, 11) is 4.06. The molecule has 0 aromatic heterocycles. The molecule has 1 aromatic carbocycles. The second kappa shape index (κ2) is 4.93. The lowest BCUT2D eigenvalue weighted by Crippen LogP contribution is -2.53. The Hall–Kier alpha value is -2.14. The molecule has 23 heavy (non-hydrogen) atoms. The molecule has 0 saturated carbocycles. The SMILES string of the molecule is C=C1N=C2c3c(cc(C)c(F)c3C=CC3CN(C)CCN23)N1C. The predicted molar refractivity (Wildman–Crippen MR) is 92.2 cm³/mol. The minimum absolute atomic E-state index is 0.151. The molecule has 4 rings (SSSR count). The number of fused-ring (bicyclic) bond motifs is 2. The smallest absolute Gasteiger partial charge is 0.141 e. The van der Waals surface area contributed by atoms with Crippen LogP contribution in [0.2, 0.25) is 0 Å². The van der Waals surface area contributed by atoms with Crippen molar-refractivity contribution in [1.82, 2.24) is 9.80 Å². The number of piperazine rings is 1. The zero-order chi connectivity index (χ0) is 16.3. The van der Waals surface area contributed by atoms with Crippen molar-refractivity contribution in [3.8, 4) is 0 Å². The number of likely N-dealkylation sites (N-methyl/N-ethyl adjacent to an activating group) is 1. The molecule has 0 bridgehead atoms. The number of nitrogens with zero attached hydrogens (tertiary/aromatic N) is 4. The molecule has 0 aliphatic carbocycles. The Labute approximate surface area is 136 Å². The Morgan fingerprint density at radius 1 is 1.30 bits per heavy atom. The van der Waals surface area contributed by atoms with Crippen LogP contribution in [0.15, 0.2) is 29.5 Å². The zero-order valence-corrected chi connectivity index (χ0v) is 13.8. The van der Waals surface area contributed by atoms with Crippen LogP contribution in [0.3, 0.4) is 0 Å². The van der Waals surface area contributed by atoms with Crippen LogP contribution >= 0.6 is 0 Å². The standard InChI is InChI=1S/C18H21FN4/c1-11-9-15-16-14(17(11)19)6-5-13-10-21(3)7-8-23(13)18(16)20-12(2)22(15)4/h5-6,9,13H,2,7-8,10H2,1,3-4H3. The zero-order valence-electron chi connectivity index (χ0n) is 13.8. The van der Waals surface area contributed by atoms with Crippen LogP contribution in [0.4, 0.5) is 10.1 Å². The lowest BCUT2D eigenvalue weighted by molar-refractivity contribution is 0.178. The first-order valence-electron chi connectivity index (χ1n) is 7.95. The summed E-state index contributed by atoms with van der Waals surface area (Å²) in [4.78, 5) is 11.3. The third-order valence-electron chi connectivity index (χ3n) is 5.05. The number of anilines is 1. The second-order valence-corrected chi connectivity index (χ2v) is 6.61. The summed E-state index contributed by atoms with van der Waals surface area (Å²) in [6.07, 6.45) is 4.04. The summed E-state index contributed by atoms with van der Waals surface area (Å²) in [6.45, 7) is 8.66. The lowest BCUT2D eigenvalue weighted by Gasteiger charge is -2.42. The lowest BCUT2D eigenvalue weighted by atomic mass is 9.98. The van der Waals surface area contributed by atoms with Gasteiger partial charge in [0.1, 0.15) is 17.5 Å². The minimum atomic E-state index is -0.151. The molecule has 1 saturated heterocycles. The van der Waals surface area contributed by atoms with Crippen LogP contribution in [0, 0.1) is 12.7 Å². The molecule has 1 unspecified atom stereocenters. The molecule has 120 valence electrons. The van der Waals surface area contributed by atoms with Gasteiger partial charge in [-0.3, -0.25) is 0 Å². The van der Waals surface area contributed by atoms with Crippen LogP contribution < -0.4 is 4.90 Å². The molecule has 0 amide bonds. The Bertz CT molecular complexity index is 765. The van der Waals surface area contributed by atoms with Gasteiger partial charge < -0.3 is 14.7 Å². The van der Waals surface area contributed by atoms with Gasteiger partial charge in [0.2, 0.25) is 0 Å². The van der Waals surface area contributed by atoms with E-state index in [-0.39, 0.29) is 11.9 Å². The summed E-state index contributed by atoms with van der Waals surface area (Å²) in [5, 5.41) is 0. The minimum Gasteiger partial charge on any atom is -0.347 e. The Morgan fingerprint density at radius 3 is 2.87 bits per heavy atom. The molecule has 3 aliphatic heterocycles. The van der Waals surface area contributed by atoms with Gasteiger partial charge in [0, 0.05) is 32.2 Å². The molecule has 0 radical (unpaired) electrons. The summed E-state index contributed by atoms with van der Waals surface area (Å²) < 4.78 is 14.8. The van der Waals surface area contributed by atoms with E-state index in [4.69, 9.17) is 4.99 Å². The number of amidine groups is 1. The largest absolute Gasteiger partial charge is 0.347 e. The van der Waals surface area contributed by atoms with Crippen molar-refractivity contribution in [3.63, 3.8) is 0 Å². The number of benzene rings is 1. The van der Waals surface area contributed by atoms with Crippen LogP contribution in [0.5, 0.6) is 0 Å². The van der Waals surface area contributed by atoms with Gasteiger partial charge in [-0.25, -0.2) is 9.38 Å². The molecule has 5 heteroatoms. The highest BCUT2D eigenvalue weighted by atomic mass is 19.1. The first-order chi connectivity index (χ1) is 11.0. The average Bonchev–Trinajstić information content (AvgIpc) is 2.67. The van der Waals surface area contributed by atoms with Crippen molar-refractivity contribution in [1.29, 1.82) is 0 Å². The van der Waals surface area contributed by atoms with Crippen LogP contribution in [-0.2, 0) is 0 Å². The normalized spacial score (nSPS) is 23.4. The molecule has 1 aromatic rings. The van der Waals surface area contributed by atoms with Crippen molar-refractivity contribution in [2.24, 2.45) is 4.99 Å². The fourth-order valence-electron chi connectivity index (χ4n) is 3.65. The summed E-state index contributed by atoms with van der Waals surface area (Å²) >= 11 is 0. The first-order valence-corrected chi connectivity index (χ1v) is 7.95. The highest BCUT2D eigenvalue weighted by Crippen LogP contribution is 2.38. The number of halogens is 1. The maximum Gasteiger partial charge on any atom is 0.141 e. The Kier molecular flexibility index (Phi) is 3.10. The van der Waals surface area contributed by atoms with Crippen molar-refractivity contribution < 1.29 is 4.39 Å². The first kappa shape index (κ1) is 14.5. The third-order valence-corrected chi connectivity index (χ3v) is 5.05. The highest BCUT2D eigenvalue weighted by Gasteiger charge is 2.35. The van der Waals surface area contributed by atoms with E-state index in [0.29, 0.717) is 16.9 Å². The van der Waals surface area contributed by atoms with Gasteiger partial charge in [-0.15, -0.1) is 0 Å². The molecular formula is C18H21FN4. The van der Waals surface area contributed by atoms with Gasteiger partial charge in [0.15, 0.2) is 0 Å². The fraction of sp³-hybridized carbons (Fsp3) is 0.389. The molecule has 1 atom stereocenters. The van der Waals surface area contributed by atoms with E-state index in [9.17, 15) is 4.39 Å². The number of hydrogen-bond acceptors (Lipinski definition) is 4. The molecule has 4 nitrogen and oxygen atoms in total. The van der Waals surface area contributed by atoms with Gasteiger partial charge in [-0.05, 0) is 25.6 Å². The highest BCUT2D eigenvalue weighted by molar-refractivity contribution is 6.10. The molecule has 0 N–H and O–H groups in total. The molecule has 0 spiro atoms. The van der Waals surface area contributed by atoms with E-state index < -0.39 is 0 Å². The van der Waals surface area contributed by atoms with Crippen molar-refractivity contribution >= 4 is 17.6 Å².